The van der Waals surface area contributed by atoms with E-state index in [1.165, 1.54) is 13.8 Å². The fourth-order valence-electron chi connectivity index (χ4n) is 6.82. The van der Waals surface area contributed by atoms with Crippen LogP contribution < -0.4 is 0 Å². The lowest BCUT2D eigenvalue weighted by Gasteiger charge is -2.49. The van der Waals surface area contributed by atoms with Crippen molar-refractivity contribution in [3.63, 3.8) is 0 Å². The summed E-state index contributed by atoms with van der Waals surface area (Å²) in [6.45, 7) is 2.50. The van der Waals surface area contributed by atoms with Crippen molar-refractivity contribution in [1.29, 1.82) is 0 Å². The number of aliphatic hydroxyl groups is 12. The van der Waals surface area contributed by atoms with Gasteiger partial charge in [-0.15, -0.1) is 0 Å². The number of carboxylic acids is 3. The maximum atomic E-state index is 12.4. The molecule has 5 aliphatic rings. The lowest BCUT2D eigenvalue weighted by molar-refractivity contribution is -0.395. The zero-order chi connectivity index (χ0) is 42.5. The summed E-state index contributed by atoms with van der Waals surface area (Å²) in [6, 6.07) is 0. The molecule has 5 fully saturated rings. The van der Waals surface area contributed by atoms with Gasteiger partial charge < -0.3 is 119 Å². The highest BCUT2D eigenvalue weighted by Crippen LogP contribution is 2.36. The Morgan fingerprint density at radius 1 is 0.351 bits per heavy atom. The van der Waals surface area contributed by atoms with Crippen LogP contribution in [0.1, 0.15) is 13.8 Å². The van der Waals surface area contributed by atoms with Crippen molar-refractivity contribution in [3.8, 4) is 0 Å². The number of hydrogen-bond acceptors (Lipinski definition) is 24. The van der Waals surface area contributed by atoms with Crippen LogP contribution >= 0.6 is 0 Å². The van der Waals surface area contributed by atoms with Gasteiger partial charge in [0.05, 0.1) is 12.2 Å². The van der Waals surface area contributed by atoms with Gasteiger partial charge in [-0.05, 0) is 13.8 Å². The van der Waals surface area contributed by atoms with Crippen molar-refractivity contribution in [1.82, 2.24) is 0 Å². The highest BCUT2D eigenvalue weighted by Gasteiger charge is 2.58. The summed E-state index contributed by atoms with van der Waals surface area (Å²) >= 11 is 0. The van der Waals surface area contributed by atoms with Gasteiger partial charge in [-0.3, -0.25) is 0 Å². The van der Waals surface area contributed by atoms with E-state index in [1.807, 2.05) is 0 Å². The first-order chi connectivity index (χ1) is 26.6. The molecule has 15 N–H and O–H groups in total. The topological polar surface area (TPSA) is 438 Å². The van der Waals surface area contributed by atoms with E-state index >= 15 is 0 Å². The van der Waals surface area contributed by atoms with E-state index < -0.39 is 171 Å². The molecule has 0 aromatic heterocycles. The summed E-state index contributed by atoms with van der Waals surface area (Å²) in [5.74, 6) is -5.65. The van der Waals surface area contributed by atoms with E-state index in [-0.39, 0.29) is 0 Å². The molecule has 328 valence electrons. The highest BCUT2D eigenvalue weighted by atomic mass is 16.8. The molecule has 1 unspecified atom stereocenters. The minimum Gasteiger partial charge on any atom is -0.479 e. The molecule has 0 saturated carbocycles. The summed E-state index contributed by atoms with van der Waals surface area (Å²) in [6.07, 6.45) is -52.2. The van der Waals surface area contributed by atoms with Crippen molar-refractivity contribution in [2.75, 3.05) is 0 Å². The first kappa shape index (κ1) is 45.7. The second kappa shape index (κ2) is 18.0. The monoisotopic (exact) mass is 838 g/mol. The summed E-state index contributed by atoms with van der Waals surface area (Å²) < 4.78 is 48.0. The molecule has 0 aliphatic carbocycles. The Morgan fingerprint density at radius 3 is 1.28 bits per heavy atom. The lowest BCUT2D eigenvalue weighted by Crippen LogP contribution is -2.68. The van der Waals surface area contributed by atoms with E-state index in [0.717, 1.165) is 0 Å². The van der Waals surface area contributed by atoms with Crippen molar-refractivity contribution in [2.24, 2.45) is 0 Å². The normalized spacial score (nSPS) is 52.2. The minimum atomic E-state index is -2.39. The van der Waals surface area contributed by atoms with Crippen LogP contribution in [0.3, 0.4) is 0 Å². The van der Waals surface area contributed by atoms with Crippen LogP contribution in [0, 0.1) is 0 Å². The minimum absolute atomic E-state index is 1.09. The second-order valence-corrected chi connectivity index (χ2v) is 14.0. The van der Waals surface area contributed by atoms with Crippen LogP contribution in [0.2, 0.25) is 0 Å². The molecule has 0 spiro atoms. The first-order valence-corrected chi connectivity index (χ1v) is 17.3. The molecule has 0 aromatic carbocycles. The van der Waals surface area contributed by atoms with Crippen molar-refractivity contribution < 1.29 is 134 Å². The van der Waals surface area contributed by atoms with Crippen molar-refractivity contribution in [2.45, 2.75) is 167 Å². The molecule has 0 aromatic rings. The Morgan fingerprint density at radius 2 is 0.737 bits per heavy atom. The highest BCUT2D eigenvalue weighted by molar-refractivity contribution is 5.74. The van der Waals surface area contributed by atoms with Gasteiger partial charge in [0.1, 0.15) is 91.6 Å². The van der Waals surface area contributed by atoms with Gasteiger partial charge in [0, 0.05) is 0 Å². The van der Waals surface area contributed by atoms with Crippen molar-refractivity contribution >= 4 is 17.9 Å². The molecule has 5 saturated heterocycles. The molecule has 57 heavy (non-hydrogen) atoms. The third-order valence-electron chi connectivity index (χ3n) is 10.1. The van der Waals surface area contributed by atoms with Crippen LogP contribution in [0.25, 0.3) is 0 Å². The van der Waals surface area contributed by atoms with Crippen LogP contribution in [-0.2, 0) is 57.0 Å². The maximum absolute atomic E-state index is 12.4. The predicted octanol–water partition coefficient (Wildman–Crippen LogP) is -9.59. The second-order valence-electron chi connectivity index (χ2n) is 14.0. The quantitative estimate of drug-likeness (QED) is 0.0918. The Bertz CT molecular complexity index is 1410. The SMILES string of the molecule is C[C@@H]1O[C@@H](O[C@@H]2[C@H](O)[C@@H](O)[C@@H](O[C@H]3C(O)O[C@@H](C)[C@H](O)[C@H]3O)O[C@@H]2C(=O)O)[C@H](O[C@H]2O[C@H](C(=O)O)[C@H](O)[C@H](O[C@@H]3O[C@H](C(=O)O)[C@@H](O)[C@H](O)[C@H]3O)[C@H]2O)[C@H](O)[C@H]1O. The number of carbonyl (C=O) groups is 3. The van der Waals surface area contributed by atoms with Gasteiger partial charge in [-0.2, -0.15) is 0 Å². The summed E-state index contributed by atoms with van der Waals surface area (Å²) in [7, 11) is 0. The van der Waals surface area contributed by atoms with Crippen LogP contribution in [0.15, 0.2) is 0 Å². The first-order valence-electron chi connectivity index (χ1n) is 17.3. The molecule has 0 amide bonds. The molecule has 25 atom stereocenters. The number of carboxylic acid groups (broad SMARTS) is 3. The Kier molecular flexibility index (Phi) is 14.5. The number of rotatable bonds is 11. The summed E-state index contributed by atoms with van der Waals surface area (Å²) in [5, 5.41) is 156. The fraction of sp³-hybridized carbons (Fsp3) is 0.900. The fourth-order valence-corrected chi connectivity index (χ4v) is 6.82. The molecule has 27 nitrogen and oxygen atoms in total. The van der Waals surface area contributed by atoms with E-state index in [4.69, 9.17) is 42.6 Å². The lowest BCUT2D eigenvalue weighted by atomic mass is 9.95. The predicted molar refractivity (Wildman–Crippen MR) is 165 cm³/mol. The van der Waals surface area contributed by atoms with Gasteiger partial charge in [-0.1, -0.05) is 0 Å². The third kappa shape index (κ3) is 9.04. The largest absolute Gasteiger partial charge is 0.479 e. The van der Waals surface area contributed by atoms with E-state index in [0.29, 0.717) is 0 Å². The third-order valence-corrected chi connectivity index (χ3v) is 10.1. The molecule has 5 rings (SSSR count). The van der Waals surface area contributed by atoms with Crippen molar-refractivity contribution in [3.05, 3.63) is 0 Å². The average Bonchev–Trinajstić information content (AvgIpc) is 3.14. The van der Waals surface area contributed by atoms with E-state index in [1.54, 1.807) is 0 Å². The van der Waals surface area contributed by atoms with Gasteiger partial charge in [0.15, 0.2) is 49.8 Å². The molecular weight excluding hydrogens is 792 g/mol. The van der Waals surface area contributed by atoms with E-state index in [9.17, 15) is 91.0 Å². The van der Waals surface area contributed by atoms with Crippen LogP contribution in [-0.4, -0.2) is 248 Å². The summed E-state index contributed by atoms with van der Waals surface area (Å²) in [5.41, 5.74) is 0. The zero-order valence-corrected chi connectivity index (χ0v) is 29.5. The number of ether oxygens (including phenoxy) is 9. The Hall–Kier alpha value is -2.43. The number of hydrogen-bond donors (Lipinski definition) is 15. The number of aliphatic hydroxyl groups excluding tert-OH is 12. The van der Waals surface area contributed by atoms with Crippen LogP contribution in [0.4, 0.5) is 0 Å². The molecule has 5 heterocycles. The molecular formula is C30H46O27. The van der Waals surface area contributed by atoms with Gasteiger partial charge >= 0.3 is 17.9 Å². The summed E-state index contributed by atoms with van der Waals surface area (Å²) in [4.78, 5) is 36.0. The van der Waals surface area contributed by atoms with Crippen LogP contribution in [0.5, 0.6) is 0 Å². The molecule has 5 aliphatic heterocycles. The molecule has 0 radical (unpaired) electrons. The average molecular weight is 839 g/mol. The molecule has 27 heteroatoms. The van der Waals surface area contributed by atoms with E-state index in [2.05, 4.69) is 0 Å². The zero-order valence-electron chi connectivity index (χ0n) is 29.5. The Labute approximate surface area is 319 Å². The number of aliphatic carboxylic acids is 3. The standard InChI is InChI=1S/C30H46O27/c1-3-5(31)8(34)20(26(48)49-3)55-28-13(39)11(37)17(22(57-28)25(46)47)52-30-21(9(35)6(32)4(2)50-30)56-29-15(41)16(14(40)19(54-29)24(44)45)51-27-12(38)7(33)10(36)18(53-27)23(42)43/h3-22,26-41,48H,1-2H3,(H,42,43)(H,44,45)(H,46,47)/t3-,4-,5-,6-,7-,8+,9+,10-,11+,12+,13+,14+,15+,16-,17+,18-,19-,20+,21+,22-,26?,27+,28-,29+,30-/m0/s1. The smallest absolute Gasteiger partial charge is 0.335 e. The van der Waals surface area contributed by atoms with Gasteiger partial charge in [-0.25, -0.2) is 14.4 Å². The van der Waals surface area contributed by atoms with Gasteiger partial charge in [0.25, 0.3) is 0 Å². The maximum Gasteiger partial charge on any atom is 0.335 e. The van der Waals surface area contributed by atoms with Gasteiger partial charge in [0.2, 0.25) is 0 Å². The Balaban J connectivity index is 1.37. The molecule has 0 bridgehead atoms.